The fraction of sp³-hybridized carbons (Fsp3) is 0.0667. The Bertz CT molecular complexity index is 651. The Morgan fingerprint density at radius 1 is 1.00 bits per heavy atom. The van der Waals surface area contributed by atoms with Crippen LogP contribution < -0.4 is 0 Å². The maximum absolute atomic E-state index is 10.7. The van der Waals surface area contributed by atoms with E-state index < -0.39 is 0 Å². The Kier molecular flexibility index (Phi) is 3.09. The maximum Gasteiger partial charge on any atom is 0.269 e. The fourth-order valence-electron chi connectivity index (χ4n) is 2.38. The summed E-state index contributed by atoms with van der Waals surface area (Å²) < 4.78 is 0. The van der Waals surface area contributed by atoms with E-state index in [4.69, 9.17) is 0 Å². The van der Waals surface area contributed by atoms with Gasteiger partial charge in [0.25, 0.3) is 5.69 Å². The number of rotatable bonds is 4. The van der Waals surface area contributed by atoms with Crippen LogP contribution in [-0.2, 0) is 0 Å². The number of non-ortho nitro benzene ring substituents is 1. The minimum Gasteiger partial charge on any atom is -0.367 e. The average molecular weight is 267 g/mol. The Morgan fingerprint density at radius 2 is 1.80 bits per heavy atom. The minimum atomic E-state index is -0.385. The van der Waals surface area contributed by atoms with Gasteiger partial charge >= 0.3 is 0 Å². The van der Waals surface area contributed by atoms with Crippen LogP contribution in [0.4, 0.5) is 5.69 Å². The molecular weight excluding hydrogens is 254 g/mol. The molecule has 1 unspecified atom stereocenters. The highest BCUT2D eigenvalue weighted by molar-refractivity contribution is 5.43. The van der Waals surface area contributed by atoms with Gasteiger partial charge in [0.15, 0.2) is 0 Å². The summed E-state index contributed by atoms with van der Waals surface area (Å²) in [6, 6.07) is 12.6. The zero-order valence-electron chi connectivity index (χ0n) is 10.6. The number of nitrogens with zero attached hydrogens (tertiary/aromatic N) is 1. The smallest absolute Gasteiger partial charge is 0.269 e. The van der Waals surface area contributed by atoms with Gasteiger partial charge in [-0.15, -0.1) is 0 Å². The predicted octanol–water partition coefficient (Wildman–Crippen LogP) is 3.43. The fourth-order valence-corrected chi connectivity index (χ4v) is 2.38. The number of aromatic amines is 2. The van der Waals surface area contributed by atoms with Crippen LogP contribution in [0, 0.1) is 10.1 Å². The number of hydrogen-bond acceptors (Lipinski definition) is 2. The van der Waals surface area contributed by atoms with Crippen LogP contribution in [0.1, 0.15) is 22.7 Å². The largest absolute Gasteiger partial charge is 0.367 e. The van der Waals surface area contributed by atoms with Gasteiger partial charge in [-0.3, -0.25) is 10.1 Å². The molecule has 5 nitrogen and oxygen atoms in total. The summed E-state index contributed by atoms with van der Waals surface area (Å²) in [5, 5.41) is 10.7. The SMILES string of the molecule is O=[N+]([O-])c1ccc(C(c2cc[nH]c2)c2ccc[nH]2)cc1. The van der Waals surface area contributed by atoms with Crippen molar-refractivity contribution in [3.63, 3.8) is 0 Å². The van der Waals surface area contributed by atoms with Crippen LogP contribution in [0.25, 0.3) is 0 Å². The van der Waals surface area contributed by atoms with Crippen LogP contribution >= 0.6 is 0 Å². The number of nitrogens with one attached hydrogen (secondary N) is 2. The molecule has 0 spiro atoms. The van der Waals surface area contributed by atoms with Crippen molar-refractivity contribution < 1.29 is 4.92 Å². The summed E-state index contributed by atoms with van der Waals surface area (Å²) in [4.78, 5) is 16.6. The van der Waals surface area contributed by atoms with Crippen LogP contribution in [-0.4, -0.2) is 14.9 Å². The Hall–Kier alpha value is -2.82. The van der Waals surface area contributed by atoms with Gasteiger partial charge < -0.3 is 9.97 Å². The van der Waals surface area contributed by atoms with Crippen molar-refractivity contribution >= 4 is 5.69 Å². The Labute approximate surface area is 115 Å². The molecule has 20 heavy (non-hydrogen) atoms. The first-order valence-corrected chi connectivity index (χ1v) is 6.26. The lowest BCUT2D eigenvalue weighted by Gasteiger charge is -2.15. The summed E-state index contributed by atoms with van der Waals surface area (Å²) in [5.74, 6) is 0.0389. The molecule has 0 radical (unpaired) electrons. The monoisotopic (exact) mass is 267 g/mol. The number of nitro benzene ring substituents is 1. The van der Waals surface area contributed by atoms with Gasteiger partial charge in [-0.25, -0.2) is 0 Å². The molecule has 2 aromatic heterocycles. The zero-order valence-corrected chi connectivity index (χ0v) is 10.6. The van der Waals surface area contributed by atoms with E-state index in [2.05, 4.69) is 9.97 Å². The number of H-pyrrole nitrogens is 2. The highest BCUT2D eigenvalue weighted by atomic mass is 16.6. The minimum absolute atomic E-state index is 0.0389. The van der Waals surface area contributed by atoms with Crippen molar-refractivity contribution in [2.45, 2.75) is 5.92 Å². The van der Waals surface area contributed by atoms with Crippen molar-refractivity contribution in [3.05, 3.63) is 88.0 Å². The van der Waals surface area contributed by atoms with E-state index in [9.17, 15) is 10.1 Å². The third-order valence-electron chi connectivity index (χ3n) is 3.33. The van der Waals surface area contributed by atoms with Crippen molar-refractivity contribution in [1.82, 2.24) is 9.97 Å². The van der Waals surface area contributed by atoms with E-state index in [1.807, 2.05) is 36.8 Å². The molecule has 1 aromatic carbocycles. The van der Waals surface area contributed by atoms with Gasteiger partial charge in [0.2, 0.25) is 0 Å². The Morgan fingerprint density at radius 3 is 2.35 bits per heavy atom. The molecule has 0 aliphatic carbocycles. The van der Waals surface area contributed by atoms with Gasteiger partial charge in [-0.1, -0.05) is 12.1 Å². The summed E-state index contributed by atoms with van der Waals surface area (Å²) in [7, 11) is 0. The zero-order chi connectivity index (χ0) is 13.9. The molecule has 0 fully saturated rings. The topological polar surface area (TPSA) is 74.7 Å². The van der Waals surface area contributed by atoms with Crippen LogP contribution in [0.2, 0.25) is 0 Å². The molecule has 0 aliphatic heterocycles. The average Bonchev–Trinajstić information content (AvgIpc) is 3.13. The second-order valence-corrected chi connectivity index (χ2v) is 4.55. The summed E-state index contributed by atoms with van der Waals surface area (Å²) in [6.45, 7) is 0. The van der Waals surface area contributed by atoms with Crippen LogP contribution in [0.3, 0.4) is 0 Å². The molecule has 3 rings (SSSR count). The number of hydrogen-bond donors (Lipinski definition) is 2. The van der Waals surface area contributed by atoms with E-state index in [0.717, 1.165) is 16.8 Å². The van der Waals surface area contributed by atoms with E-state index in [-0.39, 0.29) is 16.5 Å². The summed E-state index contributed by atoms with van der Waals surface area (Å²) >= 11 is 0. The first kappa shape index (κ1) is 12.2. The molecule has 0 saturated heterocycles. The van der Waals surface area contributed by atoms with Crippen molar-refractivity contribution in [2.24, 2.45) is 0 Å². The number of nitro groups is 1. The lowest BCUT2D eigenvalue weighted by molar-refractivity contribution is -0.384. The van der Waals surface area contributed by atoms with Crippen molar-refractivity contribution in [1.29, 1.82) is 0 Å². The van der Waals surface area contributed by atoms with Gasteiger partial charge in [0, 0.05) is 36.4 Å². The normalized spacial score (nSPS) is 12.2. The van der Waals surface area contributed by atoms with Crippen LogP contribution in [0.15, 0.2) is 61.1 Å². The van der Waals surface area contributed by atoms with Gasteiger partial charge in [-0.05, 0) is 29.3 Å². The first-order valence-electron chi connectivity index (χ1n) is 6.26. The lowest BCUT2D eigenvalue weighted by atomic mass is 9.90. The quantitative estimate of drug-likeness (QED) is 0.561. The van der Waals surface area contributed by atoms with Gasteiger partial charge in [0.1, 0.15) is 0 Å². The van der Waals surface area contributed by atoms with E-state index in [1.54, 1.807) is 12.1 Å². The molecule has 0 saturated carbocycles. The van der Waals surface area contributed by atoms with Crippen molar-refractivity contribution in [2.75, 3.05) is 0 Å². The first-order chi connectivity index (χ1) is 9.75. The molecule has 1 atom stereocenters. The van der Waals surface area contributed by atoms with E-state index in [0.29, 0.717) is 0 Å². The molecule has 3 aromatic rings. The molecule has 5 heteroatoms. The third-order valence-corrected chi connectivity index (χ3v) is 3.33. The maximum atomic E-state index is 10.7. The van der Waals surface area contributed by atoms with Gasteiger partial charge in [-0.2, -0.15) is 0 Å². The lowest BCUT2D eigenvalue weighted by Crippen LogP contribution is -2.02. The third kappa shape index (κ3) is 2.21. The second kappa shape index (κ2) is 5.05. The molecule has 2 heterocycles. The van der Waals surface area contributed by atoms with Gasteiger partial charge in [0.05, 0.1) is 10.8 Å². The van der Waals surface area contributed by atoms with E-state index in [1.165, 1.54) is 12.1 Å². The highest BCUT2D eigenvalue weighted by Gasteiger charge is 2.18. The Balaban J connectivity index is 2.04. The van der Waals surface area contributed by atoms with Crippen LogP contribution in [0.5, 0.6) is 0 Å². The molecule has 0 bridgehead atoms. The molecule has 0 amide bonds. The summed E-state index contributed by atoms with van der Waals surface area (Å²) in [5.41, 5.74) is 3.28. The highest BCUT2D eigenvalue weighted by Crippen LogP contribution is 2.31. The predicted molar refractivity (Wildman–Crippen MR) is 75.6 cm³/mol. The standard InChI is InChI=1S/C15H13N3O2/c19-18(20)13-5-3-11(4-6-13)15(12-7-9-16-10-12)14-2-1-8-17-14/h1-10,15-17H. The molecule has 100 valence electrons. The summed E-state index contributed by atoms with van der Waals surface area (Å²) in [6.07, 6.45) is 5.68. The molecule has 0 aliphatic rings. The molecule has 2 N–H and O–H groups in total. The second-order valence-electron chi connectivity index (χ2n) is 4.55. The van der Waals surface area contributed by atoms with Crippen molar-refractivity contribution in [3.8, 4) is 0 Å². The van der Waals surface area contributed by atoms with E-state index >= 15 is 0 Å². The number of aromatic nitrogens is 2. The molecular formula is C15H13N3O2. The number of benzene rings is 1.